The van der Waals surface area contributed by atoms with Crippen LogP contribution in [0.2, 0.25) is 0 Å². The predicted octanol–water partition coefficient (Wildman–Crippen LogP) is 4.38. The fourth-order valence-corrected chi connectivity index (χ4v) is 4.00. The Kier molecular flexibility index (Phi) is 5.62. The molecule has 0 atom stereocenters. The molecule has 0 spiro atoms. The number of urea groups is 1. The van der Waals surface area contributed by atoms with Crippen molar-refractivity contribution in [1.82, 2.24) is 9.88 Å². The van der Waals surface area contributed by atoms with Gasteiger partial charge in [-0.25, -0.2) is 9.78 Å². The van der Waals surface area contributed by atoms with Crippen LogP contribution in [0.1, 0.15) is 5.01 Å². The molecule has 0 bridgehead atoms. The Balaban J connectivity index is 1.31. The summed E-state index contributed by atoms with van der Waals surface area (Å²) in [7, 11) is 0. The van der Waals surface area contributed by atoms with Crippen LogP contribution in [0.3, 0.4) is 0 Å². The lowest BCUT2D eigenvalue weighted by molar-refractivity contribution is -0.384. The van der Waals surface area contributed by atoms with Crippen LogP contribution < -0.4 is 10.2 Å². The van der Waals surface area contributed by atoms with E-state index in [0.717, 1.165) is 27.6 Å². The number of nitro groups is 1. The summed E-state index contributed by atoms with van der Waals surface area (Å²) in [6, 6.07) is 14.1. The number of nitro benzene ring substituents is 1. The van der Waals surface area contributed by atoms with Gasteiger partial charge in [0, 0.05) is 60.6 Å². The molecular formula is C21H21N5O3S. The lowest BCUT2D eigenvalue weighted by Crippen LogP contribution is -2.50. The summed E-state index contributed by atoms with van der Waals surface area (Å²) in [5.74, 6) is 0. The second-order valence-electron chi connectivity index (χ2n) is 7.01. The number of nitrogens with one attached hydrogen (secondary N) is 1. The fourth-order valence-electron chi connectivity index (χ4n) is 3.38. The van der Waals surface area contributed by atoms with Crippen LogP contribution in [-0.4, -0.2) is 47.0 Å². The number of rotatable bonds is 4. The van der Waals surface area contributed by atoms with Crippen LogP contribution in [0.5, 0.6) is 0 Å². The van der Waals surface area contributed by atoms with Crippen molar-refractivity contribution < 1.29 is 9.72 Å². The number of hydrogen-bond donors (Lipinski definition) is 1. The maximum atomic E-state index is 12.6. The van der Waals surface area contributed by atoms with Crippen molar-refractivity contribution in [2.75, 3.05) is 36.4 Å². The number of aryl methyl sites for hydroxylation is 1. The number of thiazole rings is 1. The highest BCUT2D eigenvalue weighted by molar-refractivity contribution is 7.09. The molecule has 2 heterocycles. The first-order valence-corrected chi connectivity index (χ1v) is 10.5. The monoisotopic (exact) mass is 423 g/mol. The maximum absolute atomic E-state index is 12.6. The Morgan fingerprint density at radius 1 is 1.07 bits per heavy atom. The van der Waals surface area contributed by atoms with Crippen molar-refractivity contribution in [2.24, 2.45) is 0 Å². The molecule has 0 unspecified atom stereocenters. The summed E-state index contributed by atoms with van der Waals surface area (Å²) in [4.78, 5) is 31.4. The van der Waals surface area contributed by atoms with Crippen LogP contribution >= 0.6 is 11.3 Å². The number of carbonyl (C=O) groups is 1. The maximum Gasteiger partial charge on any atom is 0.321 e. The SMILES string of the molecule is Cc1nc(-c2ccc(NC(=O)N3CCN(c4ccc([N+](=O)[O-])cc4)CC3)cc2)cs1. The zero-order chi connectivity index (χ0) is 21.1. The third-order valence-corrected chi connectivity index (χ3v) is 5.82. The van der Waals surface area contributed by atoms with E-state index in [0.29, 0.717) is 26.2 Å². The minimum Gasteiger partial charge on any atom is -0.368 e. The van der Waals surface area contributed by atoms with Crippen LogP contribution in [0.25, 0.3) is 11.3 Å². The van der Waals surface area contributed by atoms with Gasteiger partial charge in [-0.1, -0.05) is 12.1 Å². The van der Waals surface area contributed by atoms with Gasteiger partial charge in [-0.05, 0) is 31.2 Å². The number of carbonyl (C=O) groups excluding carboxylic acids is 1. The zero-order valence-electron chi connectivity index (χ0n) is 16.4. The molecule has 4 rings (SSSR count). The van der Waals surface area contributed by atoms with E-state index < -0.39 is 4.92 Å². The van der Waals surface area contributed by atoms with Crippen LogP contribution in [0.4, 0.5) is 21.9 Å². The highest BCUT2D eigenvalue weighted by Crippen LogP contribution is 2.24. The van der Waals surface area contributed by atoms with Crippen molar-refractivity contribution in [1.29, 1.82) is 0 Å². The number of anilines is 2. The standard InChI is InChI=1S/C21H21N5O3S/c1-15-22-20(14-30-15)16-2-4-17(5-3-16)23-21(27)25-12-10-24(11-13-25)18-6-8-19(9-7-18)26(28)29/h2-9,14H,10-13H2,1H3,(H,23,27). The van der Waals surface area contributed by atoms with E-state index in [1.54, 1.807) is 28.4 Å². The molecule has 1 aliphatic heterocycles. The Morgan fingerprint density at radius 3 is 2.30 bits per heavy atom. The van der Waals surface area contributed by atoms with Crippen molar-refractivity contribution in [3.05, 3.63) is 69.0 Å². The molecule has 1 aliphatic rings. The number of benzene rings is 2. The van der Waals surface area contributed by atoms with E-state index >= 15 is 0 Å². The van der Waals surface area contributed by atoms with Crippen LogP contribution in [0.15, 0.2) is 53.9 Å². The van der Waals surface area contributed by atoms with Gasteiger partial charge in [0.1, 0.15) is 0 Å². The van der Waals surface area contributed by atoms with Gasteiger partial charge in [-0.2, -0.15) is 0 Å². The highest BCUT2D eigenvalue weighted by atomic mass is 32.1. The smallest absolute Gasteiger partial charge is 0.321 e. The second kappa shape index (κ2) is 8.50. The molecule has 2 aromatic carbocycles. The fraction of sp³-hybridized carbons (Fsp3) is 0.238. The number of nitrogens with zero attached hydrogens (tertiary/aromatic N) is 4. The molecule has 3 aromatic rings. The molecule has 154 valence electrons. The van der Waals surface area contributed by atoms with Gasteiger partial charge in [0.05, 0.1) is 15.6 Å². The van der Waals surface area contributed by atoms with Gasteiger partial charge < -0.3 is 15.1 Å². The summed E-state index contributed by atoms with van der Waals surface area (Å²) < 4.78 is 0. The molecule has 1 N–H and O–H groups in total. The average molecular weight is 423 g/mol. The molecule has 0 saturated carbocycles. The Labute approximate surface area is 177 Å². The molecule has 0 aliphatic carbocycles. The molecule has 1 saturated heterocycles. The topological polar surface area (TPSA) is 91.6 Å². The van der Waals surface area contributed by atoms with Crippen LogP contribution in [-0.2, 0) is 0 Å². The van der Waals surface area contributed by atoms with E-state index in [-0.39, 0.29) is 11.7 Å². The molecule has 1 fully saturated rings. The lowest BCUT2D eigenvalue weighted by Gasteiger charge is -2.36. The van der Waals surface area contributed by atoms with Gasteiger partial charge in [0.15, 0.2) is 0 Å². The lowest BCUT2D eigenvalue weighted by atomic mass is 10.1. The Morgan fingerprint density at radius 2 is 1.73 bits per heavy atom. The van der Waals surface area contributed by atoms with Gasteiger partial charge in [0.2, 0.25) is 0 Å². The molecule has 8 nitrogen and oxygen atoms in total. The summed E-state index contributed by atoms with van der Waals surface area (Å²) >= 11 is 1.61. The molecule has 9 heteroatoms. The normalized spacial score (nSPS) is 13.9. The molecule has 1 aromatic heterocycles. The minimum absolute atomic E-state index is 0.0766. The van der Waals surface area contributed by atoms with E-state index in [2.05, 4.69) is 15.2 Å². The number of hydrogen-bond acceptors (Lipinski definition) is 6. The Bertz CT molecular complexity index is 1040. The predicted molar refractivity (Wildman–Crippen MR) is 118 cm³/mol. The molecule has 30 heavy (non-hydrogen) atoms. The van der Waals surface area contributed by atoms with E-state index in [9.17, 15) is 14.9 Å². The number of amides is 2. The first-order chi connectivity index (χ1) is 14.5. The van der Waals surface area contributed by atoms with E-state index in [1.807, 2.05) is 36.6 Å². The number of aromatic nitrogens is 1. The molecule has 0 radical (unpaired) electrons. The first kappa shape index (κ1) is 19.8. The first-order valence-electron chi connectivity index (χ1n) is 9.57. The third-order valence-electron chi connectivity index (χ3n) is 5.04. The minimum atomic E-state index is -0.406. The summed E-state index contributed by atoms with van der Waals surface area (Å²) in [6.45, 7) is 4.49. The third kappa shape index (κ3) is 4.41. The second-order valence-corrected chi connectivity index (χ2v) is 8.07. The van der Waals surface area contributed by atoms with Gasteiger partial charge >= 0.3 is 6.03 Å². The van der Waals surface area contributed by atoms with Crippen molar-refractivity contribution in [2.45, 2.75) is 6.92 Å². The number of piperazine rings is 1. The van der Waals surface area contributed by atoms with Crippen LogP contribution in [0, 0.1) is 17.0 Å². The van der Waals surface area contributed by atoms with Gasteiger partial charge in [-0.3, -0.25) is 10.1 Å². The van der Waals surface area contributed by atoms with E-state index in [1.165, 1.54) is 12.1 Å². The zero-order valence-corrected chi connectivity index (χ0v) is 17.3. The summed E-state index contributed by atoms with van der Waals surface area (Å²) in [6.07, 6.45) is 0. The van der Waals surface area contributed by atoms with Crippen molar-refractivity contribution in [3.8, 4) is 11.3 Å². The number of non-ortho nitro benzene ring substituents is 1. The van der Waals surface area contributed by atoms with Crippen molar-refractivity contribution in [3.63, 3.8) is 0 Å². The highest BCUT2D eigenvalue weighted by Gasteiger charge is 2.21. The quantitative estimate of drug-likeness (QED) is 0.497. The van der Waals surface area contributed by atoms with Crippen molar-refractivity contribution >= 4 is 34.4 Å². The molecular weight excluding hydrogens is 402 g/mol. The van der Waals surface area contributed by atoms with E-state index in [4.69, 9.17) is 0 Å². The summed E-state index contributed by atoms with van der Waals surface area (Å²) in [5, 5.41) is 16.8. The van der Waals surface area contributed by atoms with Gasteiger partial charge in [-0.15, -0.1) is 11.3 Å². The van der Waals surface area contributed by atoms with Gasteiger partial charge in [0.25, 0.3) is 5.69 Å². The largest absolute Gasteiger partial charge is 0.368 e. The molecule has 2 amide bonds. The Hall–Kier alpha value is -3.46. The summed E-state index contributed by atoms with van der Waals surface area (Å²) in [5.41, 5.74) is 3.71. The average Bonchev–Trinajstić information content (AvgIpc) is 3.21.